The van der Waals surface area contributed by atoms with Gasteiger partial charge in [0.2, 0.25) is 0 Å². The highest BCUT2D eigenvalue weighted by atomic mass is 15.2. The van der Waals surface area contributed by atoms with E-state index in [1.54, 1.807) is 0 Å². The van der Waals surface area contributed by atoms with Crippen molar-refractivity contribution >= 4 is 112 Å². The fraction of sp³-hybridized carbons (Fsp3) is 0.0526. The number of hydrogen-bond acceptors (Lipinski definition) is 4. The van der Waals surface area contributed by atoms with Crippen LogP contribution in [0.1, 0.15) is 49.9 Å². The van der Waals surface area contributed by atoms with Crippen LogP contribution in [0.15, 0.2) is 449 Å². The van der Waals surface area contributed by atoms with Crippen LogP contribution in [0.5, 0.6) is 0 Å². The molecule has 6 nitrogen and oxygen atoms in total. The molecule has 2 aromatic heterocycles. The highest BCUT2D eigenvalue weighted by Gasteiger charge is 2.39. The van der Waals surface area contributed by atoms with Gasteiger partial charge >= 0.3 is 0 Å². The molecule has 2 aliphatic rings. The molecule has 0 amide bonds. The Kier molecular flexibility index (Phi) is 18.2. The average Bonchev–Trinajstić information content (AvgIpc) is 1.25. The van der Waals surface area contributed by atoms with E-state index < -0.39 is 0 Å². The van der Waals surface area contributed by atoms with Gasteiger partial charge in [0.15, 0.2) is 0 Å². The topological polar surface area (TPSA) is 22.8 Å². The van der Waals surface area contributed by atoms with Gasteiger partial charge in [-0.1, -0.05) is 307 Å². The molecule has 2 aliphatic heterocycles. The lowest BCUT2D eigenvalue weighted by Crippen LogP contribution is -2.30. The number of benzene rings is 18. The number of anilines is 12. The first-order chi connectivity index (χ1) is 59.1. The first-order valence-electron chi connectivity index (χ1n) is 41.5. The smallest absolute Gasteiger partial charge is 0.0541 e. The van der Waals surface area contributed by atoms with E-state index in [1.165, 1.54) is 117 Å². The van der Waals surface area contributed by atoms with Crippen LogP contribution in [0.4, 0.5) is 68.2 Å². The second-order valence-electron chi connectivity index (χ2n) is 32.4. The van der Waals surface area contributed by atoms with Crippen molar-refractivity contribution in [1.29, 1.82) is 0 Å². The highest BCUT2D eigenvalue weighted by molar-refractivity contribution is 6.12. The van der Waals surface area contributed by atoms with Gasteiger partial charge in [-0.3, -0.25) is 0 Å². The molecule has 572 valence electrons. The van der Waals surface area contributed by atoms with Crippen molar-refractivity contribution in [1.82, 2.24) is 9.13 Å². The summed E-state index contributed by atoms with van der Waals surface area (Å²) in [5.41, 5.74) is 35.2. The zero-order chi connectivity index (χ0) is 80.4. The van der Waals surface area contributed by atoms with Gasteiger partial charge in [0, 0.05) is 89.0 Å². The average molecular weight is 1540 g/mol. The Balaban J connectivity index is 0.000000148. The molecule has 0 atom stereocenters. The summed E-state index contributed by atoms with van der Waals surface area (Å²) in [7, 11) is 0. The van der Waals surface area contributed by atoms with Gasteiger partial charge in [0.25, 0.3) is 0 Å². The Hall–Kier alpha value is -15.2. The van der Waals surface area contributed by atoms with E-state index in [1.807, 2.05) is 0 Å². The zero-order valence-electron chi connectivity index (χ0n) is 67.4. The van der Waals surface area contributed by atoms with Crippen LogP contribution in [0.3, 0.4) is 0 Å². The van der Waals surface area contributed by atoms with E-state index >= 15 is 0 Å². The molecule has 18 aromatic carbocycles. The predicted octanol–water partition coefficient (Wildman–Crippen LogP) is 31.4. The Morgan fingerprint density at radius 1 is 0.192 bits per heavy atom. The van der Waals surface area contributed by atoms with Crippen molar-refractivity contribution in [2.24, 2.45) is 0 Å². The van der Waals surface area contributed by atoms with Crippen molar-refractivity contribution in [3.8, 4) is 55.9 Å². The van der Waals surface area contributed by atoms with Gasteiger partial charge in [-0.15, -0.1) is 0 Å². The lowest BCUT2D eigenvalue weighted by Gasteiger charge is -2.42. The maximum Gasteiger partial charge on any atom is 0.0541 e. The summed E-state index contributed by atoms with van der Waals surface area (Å²) in [4.78, 5) is 9.68. The highest BCUT2D eigenvalue weighted by Crippen LogP contribution is 2.56. The summed E-state index contributed by atoms with van der Waals surface area (Å²) in [5.74, 6) is 0. The maximum absolute atomic E-state index is 2.44. The number of rotatable bonds is 14. The third kappa shape index (κ3) is 12.6. The Morgan fingerprint density at radius 2 is 0.508 bits per heavy atom. The molecule has 120 heavy (non-hydrogen) atoms. The molecule has 22 rings (SSSR count). The third-order valence-corrected chi connectivity index (χ3v) is 24.7. The van der Waals surface area contributed by atoms with Crippen molar-refractivity contribution in [2.45, 2.75) is 38.5 Å². The van der Waals surface area contributed by atoms with Crippen molar-refractivity contribution in [3.63, 3.8) is 0 Å². The lowest BCUT2D eigenvalue weighted by molar-refractivity contribution is 0.632. The second kappa shape index (κ2) is 30.1. The molecule has 0 aliphatic carbocycles. The van der Waals surface area contributed by atoms with E-state index in [-0.39, 0.29) is 10.8 Å². The molecule has 0 spiro atoms. The minimum Gasteiger partial charge on any atom is -0.310 e. The van der Waals surface area contributed by atoms with Crippen LogP contribution in [0.2, 0.25) is 0 Å². The standard InChI is InChI=1S/2C57H43N3/c1-57(2)50-29-14-17-32-55(50)60(45-24-10-5-11-25-45)56-39-42(33-35-51(56)57)47-27-12-15-30-52(47)58(43-20-6-3-7-21-43)46-26-18-19-40(37-46)41-34-36-54-49(38-41)48-28-13-16-31-53(48)59(54)44-22-8-4-9-23-44;1-57(2)50-26-14-17-29-55(50)60(45-22-10-5-11-23-45)56-39-42(32-36-51(56)57)47-24-12-15-27-52(47)58(43-18-6-3-7-19-43)46-34-30-40(31-35-46)41-33-37-54-49(38-41)48-25-13-16-28-53(48)59(54)44-20-8-4-9-21-44/h2*3-39H,1-2H3. The number of para-hydroxylation sites is 12. The van der Waals surface area contributed by atoms with E-state index in [0.717, 1.165) is 73.4 Å². The largest absolute Gasteiger partial charge is 0.310 e. The van der Waals surface area contributed by atoms with Gasteiger partial charge in [-0.25, -0.2) is 0 Å². The van der Waals surface area contributed by atoms with Crippen LogP contribution in [0, 0.1) is 0 Å². The van der Waals surface area contributed by atoms with Crippen molar-refractivity contribution in [2.75, 3.05) is 19.6 Å². The Bertz CT molecular complexity index is 7210. The van der Waals surface area contributed by atoms with E-state index in [2.05, 4.69) is 505 Å². The number of nitrogens with zero attached hydrogens (tertiary/aromatic N) is 6. The molecule has 0 fully saturated rings. The third-order valence-electron chi connectivity index (χ3n) is 24.7. The van der Waals surface area contributed by atoms with E-state index in [9.17, 15) is 0 Å². The summed E-state index contributed by atoms with van der Waals surface area (Å²) in [6.07, 6.45) is 0. The predicted molar refractivity (Wildman–Crippen MR) is 506 cm³/mol. The maximum atomic E-state index is 2.44. The van der Waals surface area contributed by atoms with Gasteiger partial charge in [0.1, 0.15) is 0 Å². The molecule has 0 N–H and O–H groups in total. The summed E-state index contributed by atoms with van der Waals surface area (Å²) >= 11 is 0. The molecule has 0 saturated carbocycles. The van der Waals surface area contributed by atoms with Gasteiger partial charge in [-0.2, -0.15) is 0 Å². The summed E-state index contributed by atoms with van der Waals surface area (Å²) in [6.45, 7) is 9.40. The summed E-state index contributed by atoms with van der Waals surface area (Å²) in [6, 6.07) is 163. The Labute approximate surface area is 701 Å². The molecular weight excluding hydrogens is 1450 g/mol. The van der Waals surface area contributed by atoms with E-state index in [4.69, 9.17) is 0 Å². The number of aromatic nitrogens is 2. The molecule has 0 unspecified atom stereocenters. The number of hydrogen-bond donors (Lipinski definition) is 0. The molecular formula is C114H86N6. The fourth-order valence-electron chi connectivity index (χ4n) is 19.0. The quantitative estimate of drug-likeness (QED) is 0.108. The second-order valence-corrected chi connectivity index (χ2v) is 32.4. The van der Waals surface area contributed by atoms with Crippen LogP contribution < -0.4 is 19.6 Å². The summed E-state index contributed by atoms with van der Waals surface area (Å²) < 4.78 is 4.74. The minimum atomic E-state index is -0.175. The molecule has 4 heterocycles. The Morgan fingerprint density at radius 3 is 0.967 bits per heavy atom. The fourth-order valence-corrected chi connectivity index (χ4v) is 19.0. The molecule has 0 saturated heterocycles. The lowest BCUT2D eigenvalue weighted by atomic mass is 9.73. The zero-order valence-corrected chi connectivity index (χ0v) is 67.4. The monoisotopic (exact) mass is 1540 g/mol. The number of fused-ring (bicyclic) bond motifs is 10. The van der Waals surface area contributed by atoms with Crippen molar-refractivity contribution < 1.29 is 0 Å². The van der Waals surface area contributed by atoms with Gasteiger partial charge in [0.05, 0.1) is 56.2 Å². The SMILES string of the molecule is CC1(C)c2ccccc2N(c2ccccc2)c2cc(-c3ccccc3N(c3ccccc3)c3ccc(-c4ccc5c(c4)c4ccccc4n5-c4ccccc4)cc3)ccc21.CC1(C)c2ccccc2N(c2ccccc2)c2cc(-c3ccccc3N(c3ccccc3)c3cccc(-c4ccc5c(c4)c4ccccc4n5-c4ccccc4)c3)ccc21. The van der Waals surface area contributed by atoms with E-state index in [0.29, 0.717) is 0 Å². The van der Waals surface area contributed by atoms with Gasteiger partial charge in [-0.05, 0) is 225 Å². The van der Waals surface area contributed by atoms with Crippen LogP contribution in [-0.2, 0) is 10.8 Å². The van der Waals surface area contributed by atoms with Gasteiger partial charge < -0.3 is 28.7 Å². The first-order valence-corrected chi connectivity index (χ1v) is 41.5. The van der Waals surface area contributed by atoms with Crippen LogP contribution in [-0.4, -0.2) is 9.13 Å². The molecule has 0 radical (unpaired) electrons. The first kappa shape index (κ1) is 72.5. The van der Waals surface area contributed by atoms with Crippen LogP contribution in [0.25, 0.3) is 99.5 Å². The van der Waals surface area contributed by atoms with Crippen LogP contribution >= 0.6 is 0 Å². The summed E-state index contributed by atoms with van der Waals surface area (Å²) in [5, 5.41) is 4.99. The van der Waals surface area contributed by atoms with Crippen molar-refractivity contribution in [3.05, 3.63) is 471 Å². The normalized spacial score (nSPS) is 12.9. The molecule has 6 heteroatoms. The molecule has 20 aromatic rings. The minimum absolute atomic E-state index is 0.170. The molecule has 0 bridgehead atoms.